The molecule has 2 N–H and O–H groups in total. The van der Waals surface area contributed by atoms with Crippen LogP contribution in [0, 0.1) is 5.92 Å². The average molecular weight is 271 g/mol. The highest BCUT2D eigenvalue weighted by molar-refractivity contribution is 5.84. The highest BCUT2D eigenvalue weighted by Crippen LogP contribution is 2.43. The summed E-state index contributed by atoms with van der Waals surface area (Å²) in [6.45, 7) is 1.07. The fourth-order valence-electron chi connectivity index (χ4n) is 2.22. The van der Waals surface area contributed by atoms with Gasteiger partial charge in [0.1, 0.15) is 0 Å². The predicted octanol–water partition coefficient (Wildman–Crippen LogP) is 3.53. The summed E-state index contributed by atoms with van der Waals surface area (Å²) < 4.78 is 39.4. The third kappa shape index (κ3) is 2.43. The van der Waals surface area contributed by atoms with Crippen LogP contribution in [0.25, 0.3) is 10.9 Å². The largest absolute Gasteiger partial charge is 0.481 e. The molecule has 0 fully saturated rings. The molecule has 0 saturated carbocycles. The molecule has 19 heavy (non-hydrogen) atoms. The van der Waals surface area contributed by atoms with E-state index in [1.165, 1.54) is 6.20 Å². The van der Waals surface area contributed by atoms with Crippen LogP contribution in [-0.4, -0.2) is 22.2 Å². The molecule has 0 aliphatic heterocycles. The van der Waals surface area contributed by atoms with Crippen molar-refractivity contribution >= 4 is 16.9 Å². The molecule has 2 aromatic rings. The monoisotopic (exact) mass is 271 g/mol. The molecule has 0 bridgehead atoms. The minimum Gasteiger partial charge on any atom is -0.481 e. The van der Waals surface area contributed by atoms with Gasteiger partial charge in [0.2, 0.25) is 0 Å². The van der Waals surface area contributed by atoms with Gasteiger partial charge in [0.25, 0.3) is 0 Å². The van der Waals surface area contributed by atoms with E-state index in [0.717, 1.165) is 6.92 Å². The number of para-hydroxylation sites is 1. The molecule has 0 spiro atoms. The molecule has 6 heteroatoms. The zero-order chi connectivity index (χ0) is 14.2. The van der Waals surface area contributed by atoms with E-state index in [4.69, 9.17) is 5.11 Å². The number of hydrogen-bond acceptors (Lipinski definition) is 1. The molecule has 0 radical (unpaired) electrons. The van der Waals surface area contributed by atoms with Crippen molar-refractivity contribution in [2.45, 2.75) is 19.0 Å². The lowest BCUT2D eigenvalue weighted by atomic mass is 9.86. The molecule has 1 aromatic carbocycles. The molecule has 102 valence electrons. The summed E-state index contributed by atoms with van der Waals surface area (Å²) in [6.07, 6.45) is -3.37. The number of carbonyl (C=O) groups is 1. The van der Waals surface area contributed by atoms with Crippen LogP contribution < -0.4 is 0 Å². The normalized spacial score (nSPS) is 15.4. The van der Waals surface area contributed by atoms with Crippen molar-refractivity contribution in [3.63, 3.8) is 0 Å². The standard InChI is InChI=1S/C13H12F3NO2/c1-7(12(18)19)11(13(14,15)16)9-6-17-10-5-3-2-4-8(9)10/h2-7,11,17H,1H3,(H,18,19)/t7-,11?/m0/s1. The van der Waals surface area contributed by atoms with Crippen molar-refractivity contribution in [2.24, 2.45) is 5.92 Å². The first-order chi connectivity index (χ1) is 8.82. The minimum atomic E-state index is -4.61. The van der Waals surface area contributed by atoms with Gasteiger partial charge >= 0.3 is 12.1 Å². The smallest absolute Gasteiger partial charge is 0.396 e. The van der Waals surface area contributed by atoms with Crippen LogP contribution in [0.4, 0.5) is 13.2 Å². The first kappa shape index (κ1) is 13.5. The van der Waals surface area contributed by atoms with Gasteiger partial charge in [0, 0.05) is 17.1 Å². The summed E-state index contributed by atoms with van der Waals surface area (Å²) in [7, 11) is 0. The quantitative estimate of drug-likeness (QED) is 0.897. The SMILES string of the molecule is C[C@H](C(=O)O)C(c1c[nH]c2ccccc12)C(F)(F)F. The zero-order valence-corrected chi connectivity index (χ0v) is 10.0. The summed E-state index contributed by atoms with van der Waals surface area (Å²) in [5.41, 5.74) is 0.530. The second-order valence-electron chi connectivity index (χ2n) is 4.44. The summed E-state index contributed by atoms with van der Waals surface area (Å²) >= 11 is 0. The van der Waals surface area contributed by atoms with Crippen molar-refractivity contribution < 1.29 is 23.1 Å². The van der Waals surface area contributed by atoms with E-state index >= 15 is 0 Å². The second-order valence-corrected chi connectivity index (χ2v) is 4.44. The van der Waals surface area contributed by atoms with E-state index in [2.05, 4.69) is 4.98 Å². The van der Waals surface area contributed by atoms with E-state index in [9.17, 15) is 18.0 Å². The third-order valence-corrected chi connectivity index (χ3v) is 3.20. The maximum absolute atomic E-state index is 13.1. The molecule has 1 unspecified atom stereocenters. The molecule has 3 nitrogen and oxygen atoms in total. The van der Waals surface area contributed by atoms with Crippen LogP contribution in [0.1, 0.15) is 18.4 Å². The number of H-pyrrole nitrogens is 1. The lowest BCUT2D eigenvalue weighted by Crippen LogP contribution is -2.31. The molecule has 0 aliphatic carbocycles. The number of rotatable bonds is 3. The number of alkyl halides is 3. The highest BCUT2D eigenvalue weighted by Gasteiger charge is 2.47. The van der Waals surface area contributed by atoms with Gasteiger partial charge in [0.05, 0.1) is 11.8 Å². The Morgan fingerprint density at radius 3 is 2.53 bits per heavy atom. The van der Waals surface area contributed by atoms with Crippen molar-refractivity contribution in [1.82, 2.24) is 4.98 Å². The number of aromatic amines is 1. The van der Waals surface area contributed by atoms with Gasteiger partial charge in [-0.25, -0.2) is 0 Å². The maximum atomic E-state index is 13.1. The van der Waals surface area contributed by atoms with E-state index in [-0.39, 0.29) is 5.56 Å². The fourth-order valence-corrected chi connectivity index (χ4v) is 2.22. The summed E-state index contributed by atoms with van der Waals surface area (Å²) in [6, 6.07) is 6.52. The summed E-state index contributed by atoms with van der Waals surface area (Å²) in [5.74, 6) is -5.03. The zero-order valence-electron chi connectivity index (χ0n) is 10.0. The van der Waals surface area contributed by atoms with Gasteiger partial charge in [-0.2, -0.15) is 13.2 Å². The van der Waals surface area contributed by atoms with Gasteiger partial charge in [0.15, 0.2) is 0 Å². The number of benzene rings is 1. The number of fused-ring (bicyclic) bond motifs is 1. The van der Waals surface area contributed by atoms with Crippen LogP contribution in [0.5, 0.6) is 0 Å². The molecule has 2 atom stereocenters. The van der Waals surface area contributed by atoms with Crippen LogP contribution in [0.3, 0.4) is 0 Å². The van der Waals surface area contributed by atoms with Gasteiger partial charge in [-0.3, -0.25) is 4.79 Å². The van der Waals surface area contributed by atoms with Crippen LogP contribution in [0.2, 0.25) is 0 Å². The van der Waals surface area contributed by atoms with Crippen molar-refractivity contribution in [2.75, 3.05) is 0 Å². The fraction of sp³-hybridized carbons (Fsp3) is 0.308. The third-order valence-electron chi connectivity index (χ3n) is 3.20. The first-order valence-electron chi connectivity index (χ1n) is 5.68. The number of nitrogens with one attached hydrogen (secondary N) is 1. The van der Waals surface area contributed by atoms with Crippen LogP contribution in [-0.2, 0) is 4.79 Å². The van der Waals surface area contributed by atoms with Crippen molar-refractivity contribution in [3.8, 4) is 0 Å². The van der Waals surface area contributed by atoms with Gasteiger partial charge in [-0.15, -0.1) is 0 Å². The van der Waals surface area contributed by atoms with Gasteiger partial charge < -0.3 is 10.1 Å². The Hall–Kier alpha value is -1.98. The highest BCUT2D eigenvalue weighted by atomic mass is 19.4. The van der Waals surface area contributed by atoms with E-state index in [1.807, 2.05) is 0 Å². The molecule has 2 rings (SSSR count). The Labute approximate surface area is 107 Å². The molecule has 0 aliphatic rings. The molecule has 0 amide bonds. The Kier molecular flexibility index (Phi) is 3.26. The molecule has 1 aromatic heterocycles. The molecular weight excluding hydrogens is 259 g/mol. The number of aliphatic carboxylic acids is 1. The van der Waals surface area contributed by atoms with Gasteiger partial charge in [-0.05, 0) is 11.6 Å². The Balaban J connectivity index is 2.58. The average Bonchev–Trinajstić information content (AvgIpc) is 2.71. The summed E-state index contributed by atoms with van der Waals surface area (Å²) in [4.78, 5) is 13.7. The van der Waals surface area contributed by atoms with Gasteiger partial charge in [-0.1, -0.05) is 25.1 Å². The molecule has 0 saturated heterocycles. The minimum absolute atomic E-state index is 0.0296. The topological polar surface area (TPSA) is 53.1 Å². The maximum Gasteiger partial charge on any atom is 0.396 e. The Morgan fingerprint density at radius 2 is 1.95 bits per heavy atom. The number of carboxylic acids is 1. The number of halogens is 3. The number of aromatic nitrogens is 1. The number of hydrogen-bond donors (Lipinski definition) is 2. The van der Waals surface area contributed by atoms with E-state index < -0.39 is 24.0 Å². The van der Waals surface area contributed by atoms with E-state index in [0.29, 0.717) is 10.9 Å². The Bertz CT molecular complexity index is 603. The van der Waals surface area contributed by atoms with Crippen molar-refractivity contribution in [1.29, 1.82) is 0 Å². The molecular formula is C13H12F3NO2. The van der Waals surface area contributed by atoms with Crippen LogP contribution >= 0.6 is 0 Å². The lowest BCUT2D eigenvalue weighted by Gasteiger charge is -2.23. The Morgan fingerprint density at radius 1 is 1.32 bits per heavy atom. The second kappa shape index (κ2) is 4.60. The van der Waals surface area contributed by atoms with Crippen LogP contribution in [0.15, 0.2) is 30.5 Å². The number of carboxylic acid groups (broad SMARTS) is 1. The lowest BCUT2D eigenvalue weighted by molar-refractivity contribution is -0.173. The molecule has 1 heterocycles. The van der Waals surface area contributed by atoms with Crippen molar-refractivity contribution in [3.05, 3.63) is 36.0 Å². The predicted molar refractivity (Wildman–Crippen MR) is 63.9 cm³/mol. The van der Waals surface area contributed by atoms with E-state index in [1.54, 1.807) is 24.3 Å². The first-order valence-corrected chi connectivity index (χ1v) is 5.68. The summed E-state index contributed by atoms with van der Waals surface area (Å²) in [5, 5.41) is 9.28.